The fourth-order valence-electron chi connectivity index (χ4n) is 2.26. The van der Waals surface area contributed by atoms with E-state index in [1.165, 1.54) is 13.8 Å². The molecule has 6 heteroatoms. The Labute approximate surface area is 107 Å². The van der Waals surface area contributed by atoms with Crippen molar-refractivity contribution in [3.63, 3.8) is 0 Å². The van der Waals surface area contributed by atoms with E-state index in [0.717, 1.165) is 0 Å². The Morgan fingerprint density at radius 1 is 1.33 bits per heavy atom. The van der Waals surface area contributed by atoms with Gasteiger partial charge in [-0.1, -0.05) is 0 Å². The van der Waals surface area contributed by atoms with Crippen molar-refractivity contribution in [2.45, 2.75) is 70.3 Å². The minimum absolute atomic E-state index is 0.314. The lowest BCUT2D eigenvalue weighted by Gasteiger charge is -2.25. The van der Waals surface area contributed by atoms with Crippen LogP contribution in [-0.4, -0.2) is 53.0 Å². The zero-order chi connectivity index (χ0) is 13.6. The summed E-state index contributed by atoms with van der Waals surface area (Å²) in [7, 11) is 0. The van der Waals surface area contributed by atoms with Crippen molar-refractivity contribution in [1.82, 2.24) is 0 Å². The average molecular weight is 262 g/mol. The molecule has 2 heterocycles. The fraction of sp³-hybridized carbons (Fsp3) is 1.00. The molecule has 2 unspecified atom stereocenters. The van der Waals surface area contributed by atoms with Gasteiger partial charge in [0, 0.05) is 6.42 Å². The lowest BCUT2D eigenvalue weighted by atomic mass is 10.1. The predicted molar refractivity (Wildman–Crippen MR) is 61.6 cm³/mol. The number of aliphatic hydroxyl groups is 2. The molecule has 0 aromatic heterocycles. The number of rotatable bonds is 3. The van der Waals surface area contributed by atoms with Crippen LogP contribution in [0.1, 0.15) is 34.1 Å². The van der Waals surface area contributed by atoms with E-state index in [4.69, 9.17) is 18.9 Å². The van der Waals surface area contributed by atoms with E-state index in [-0.39, 0.29) is 6.10 Å². The molecule has 0 aliphatic carbocycles. The van der Waals surface area contributed by atoms with Crippen LogP contribution in [0.2, 0.25) is 0 Å². The Morgan fingerprint density at radius 3 is 2.50 bits per heavy atom. The van der Waals surface area contributed by atoms with Crippen molar-refractivity contribution in [3.05, 3.63) is 0 Å². The zero-order valence-corrected chi connectivity index (χ0v) is 11.3. The summed E-state index contributed by atoms with van der Waals surface area (Å²) < 4.78 is 22.0. The molecule has 2 aliphatic heterocycles. The van der Waals surface area contributed by atoms with E-state index < -0.39 is 30.1 Å². The maximum absolute atomic E-state index is 9.96. The van der Waals surface area contributed by atoms with Crippen molar-refractivity contribution in [2.75, 3.05) is 6.61 Å². The minimum atomic E-state index is -1.29. The van der Waals surface area contributed by atoms with Crippen LogP contribution in [0.5, 0.6) is 0 Å². The van der Waals surface area contributed by atoms with E-state index in [0.29, 0.717) is 13.0 Å². The third-order valence-electron chi connectivity index (χ3n) is 2.94. The molecular weight excluding hydrogens is 240 g/mol. The molecule has 106 valence electrons. The standard InChI is InChI=1S/C12H22O6/c1-11(2,14)18-9-5-7(13)10(16-9)8-6-15-12(3,4)17-8/h7-10,13-14H,5-6H2,1-4H3/t7-,8?,9?,10+/m1/s1. The van der Waals surface area contributed by atoms with Gasteiger partial charge in [-0.05, 0) is 27.7 Å². The molecular formula is C12H22O6. The van der Waals surface area contributed by atoms with Crippen LogP contribution in [0, 0.1) is 0 Å². The molecule has 0 aromatic rings. The third-order valence-corrected chi connectivity index (χ3v) is 2.94. The van der Waals surface area contributed by atoms with Gasteiger partial charge in [-0.25, -0.2) is 0 Å². The second-order valence-corrected chi connectivity index (χ2v) is 5.77. The van der Waals surface area contributed by atoms with Gasteiger partial charge in [0.1, 0.15) is 12.2 Å². The molecule has 0 spiro atoms. The first-order valence-electron chi connectivity index (χ1n) is 6.22. The molecule has 2 saturated heterocycles. The van der Waals surface area contributed by atoms with Gasteiger partial charge >= 0.3 is 0 Å². The van der Waals surface area contributed by atoms with Gasteiger partial charge in [-0.2, -0.15) is 0 Å². The molecule has 0 bridgehead atoms. The zero-order valence-electron chi connectivity index (χ0n) is 11.3. The van der Waals surface area contributed by atoms with Gasteiger partial charge in [-0.15, -0.1) is 0 Å². The highest BCUT2D eigenvalue weighted by Gasteiger charge is 2.46. The predicted octanol–water partition coefficient (Wildman–Crippen LogP) is 0.359. The van der Waals surface area contributed by atoms with Crippen LogP contribution >= 0.6 is 0 Å². The molecule has 0 radical (unpaired) electrons. The summed E-state index contributed by atoms with van der Waals surface area (Å²) in [5.41, 5.74) is 0. The highest BCUT2D eigenvalue weighted by molar-refractivity contribution is 4.88. The van der Waals surface area contributed by atoms with E-state index in [2.05, 4.69) is 0 Å². The van der Waals surface area contributed by atoms with Gasteiger partial charge < -0.3 is 29.2 Å². The van der Waals surface area contributed by atoms with E-state index in [1.54, 1.807) is 0 Å². The Kier molecular flexibility index (Phi) is 3.70. The smallest absolute Gasteiger partial charge is 0.164 e. The van der Waals surface area contributed by atoms with Crippen LogP contribution in [0.25, 0.3) is 0 Å². The molecule has 2 aliphatic rings. The summed E-state index contributed by atoms with van der Waals surface area (Å²) in [5, 5.41) is 19.5. The SMILES string of the molecule is CC(C)(O)OC1C[C@@H](O)[C@@H](C2COC(C)(C)O2)O1. The molecule has 2 N–H and O–H groups in total. The maximum atomic E-state index is 9.96. The normalized spacial score (nSPS) is 40.3. The van der Waals surface area contributed by atoms with Crippen LogP contribution in [-0.2, 0) is 18.9 Å². The molecule has 0 aromatic carbocycles. The Bertz CT molecular complexity index is 297. The molecule has 4 atom stereocenters. The average Bonchev–Trinajstić information content (AvgIpc) is 2.67. The quantitative estimate of drug-likeness (QED) is 0.715. The summed E-state index contributed by atoms with van der Waals surface area (Å²) in [6.45, 7) is 7.06. The van der Waals surface area contributed by atoms with Crippen molar-refractivity contribution in [2.24, 2.45) is 0 Å². The summed E-state index contributed by atoms with van der Waals surface area (Å²) in [4.78, 5) is 0. The molecule has 2 fully saturated rings. The van der Waals surface area contributed by atoms with Crippen molar-refractivity contribution in [3.8, 4) is 0 Å². The second-order valence-electron chi connectivity index (χ2n) is 5.77. The number of aliphatic hydroxyl groups excluding tert-OH is 1. The highest BCUT2D eigenvalue weighted by atomic mass is 16.8. The van der Waals surface area contributed by atoms with Crippen molar-refractivity contribution in [1.29, 1.82) is 0 Å². The van der Waals surface area contributed by atoms with Crippen LogP contribution in [0.4, 0.5) is 0 Å². The first kappa shape index (κ1) is 14.2. The number of ether oxygens (including phenoxy) is 4. The summed E-state index contributed by atoms with van der Waals surface area (Å²) in [6, 6.07) is 0. The minimum Gasteiger partial charge on any atom is -0.390 e. The summed E-state index contributed by atoms with van der Waals surface area (Å²) in [5.74, 6) is -1.94. The fourth-order valence-corrected chi connectivity index (χ4v) is 2.26. The lowest BCUT2D eigenvalue weighted by Crippen LogP contribution is -2.38. The Morgan fingerprint density at radius 2 is 2.00 bits per heavy atom. The Hall–Kier alpha value is -0.240. The first-order valence-corrected chi connectivity index (χ1v) is 6.22. The highest BCUT2D eigenvalue weighted by Crippen LogP contribution is 2.33. The second kappa shape index (κ2) is 4.70. The topological polar surface area (TPSA) is 77.4 Å². The van der Waals surface area contributed by atoms with Gasteiger partial charge in [0.2, 0.25) is 0 Å². The van der Waals surface area contributed by atoms with Crippen LogP contribution in [0.15, 0.2) is 0 Å². The van der Waals surface area contributed by atoms with Crippen LogP contribution < -0.4 is 0 Å². The molecule has 0 saturated carbocycles. The molecule has 0 amide bonds. The van der Waals surface area contributed by atoms with Gasteiger partial charge in [0.15, 0.2) is 17.9 Å². The molecule has 18 heavy (non-hydrogen) atoms. The summed E-state index contributed by atoms with van der Waals surface area (Å²) in [6.07, 6.45) is -1.80. The van der Waals surface area contributed by atoms with Gasteiger partial charge in [0.25, 0.3) is 0 Å². The molecule has 6 nitrogen and oxygen atoms in total. The van der Waals surface area contributed by atoms with Crippen molar-refractivity contribution >= 4 is 0 Å². The maximum Gasteiger partial charge on any atom is 0.164 e. The van der Waals surface area contributed by atoms with Gasteiger partial charge in [-0.3, -0.25) is 0 Å². The van der Waals surface area contributed by atoms with Crippen LogP contribution in [0.3, 0.4) is 0 Å². The van der Waals surface area contributed by atoms with E-state index in [1.807, 2.05) is 13.8 Å². The number of hydrogen-bond acceptors (Lipinski definition) is 6. The molecule has 2 rings (SSSR count). The van der Waals surface area contributed by atoms with Crippen molar-refractivity contribution < 1.29 is 29.2 Å². The third kappa shape index (κ3) is 3.40. The van der Waals surface area contributed by atoms with Gasteiger partial charge in [0.05, 0.1) is 12.7 Å². The monoisotopic (exact) mass is 262 g/mol. The Balaban J connectivity index is 1.92. The number of hydrogen-bond donors (Lipinski definition) is 2. The summed E-state index contributed by atoms with van der Waals surface area (Å²) >= 11 is 0. The van der Waals surface area contributed by atoms with E-state index in [9.17, 15) is 10.2 Å². The van der Waals surface area contributed by atoms with E-state index >= 15 is 0 Å². The lowest BCUT2D eigenvalue weighted by molar-refractivity contribution is -0.275. The largest absolute Gasteiger partial charge is 0.390 e. The first-order chi connectivity index (χ1) is 8.16.